The lowest BCUT2D eigenvalue weighted by atomic mass is 10.1. The van der Waals surface area contributed by atoms with Crippen LogP contribution in [0.1, 0.15) is 11.1 Å². The standard InChI is InChI=1S/C16H19NO2/c1-19-16-8-4-14(5-9-16)12-17-11-10-13-2-6-15(18)7-3-13/h2-9,17-18H,10-12H2,1H3. The van der Waals surface area contributed by atoms with Gasteiger partial charge in [-0.1, -0.05) is 24.3 Å². The van der Waals surface area contributed by atoms with Gasteiger partial charge in [-0.15, -0.1) is 0 Å². The van der Waals surface area contributed by atoms with E-state index in [1.807, 2.05) is 24.3 Å². The molecule has 0 atom stereocenters. The van der Waals surface area contributed by atoms with Gasteiger partial charge in [0.2, 0.25) is 0 Å². The van der Waals surface area contributed by atoms with Crippen molar-refractivity contribution in [1.82, 2.24) is 5.32 Å². The third kappa shape index (κ3) is 4.30. The quantitative estimate of drug-likeness (QED) is 0.782. The van der Waals surface area contributed by atoms with Crippen molar-refractivity contribution in [1.29, 1.82) is 0 Å². The fourth-order valence-corrected chi connectivity index (χ4v) is 1.87. The van der Waals surface area contributed by atoms with E-state index in [1.54, 1.807) is 19.2 Å². The van der Waals surface area contributed by atoms with Crippen LogP contribution >= 0.6 is 0 Å². The Morgan fingerprint density at radius 3 is 2.21 bits per heavy atom. The second-order valence-corrected chi connectivity index (χ2v) is 4.44. The zero-order valence-electron chi connectivity index (χ0n) is 11.1. The molecular weight excluding hydrogens is 238 g/mol. The number of aromatic hydroxyl groups is 1. The maximum absolute atomic E-state index is 9.19. The van der Waals surface area contributed by atoms with Crippen LogP contribution in [-0.2, 0) is 13.0 Å². The number of methoxy groups -OCH3 is 1. The van der Waals surface area contributed by atoms with E-state index in [0.29, 0.717) is 5.75 Å². The first-order valence-electron chi connectivity index (χ1n) is 6.39. The van der Waals surface area contributed by atoms with Crippen LogP contribution in [0.5, 0.6) is 11.5 Å². The molecule has 0 bridgehead atoms. The van der Waals surface area contributed by atoms with Crippen molar-refractivity contribution in [3.63, 3.8) is 0 Å². The lowest BCUT2D eigenvalue weighted by Gasteiger charge is -2.06. The van der Waals surface area contributed by atoms with Crippen molar-refractivity contribution in [3.8, 4) is 11.5 Å². The number of rotatable bonds is 6. The van der Waals surface area contributed by atoms with Crippen LogP contribution in [0.4, 0.5) is 0 Å². The van der Waals surface area contributed by atoms with Gasteiger partial charge >= 0.3 is 0 Å². The van der Waals surface area contributed by atoms with Gasteiger partial charge in [-0.2, -0.15) is 0 Å². The molecule has 0 spiro atoms. The maximum atomic E-state index is 9.19. The Labute approximate surface area is 113 Å². The molecule has 0 aliphatic heterocycles. The third-order valence-corrected chi connectivity index (χ3v) is 3.01. The summed E-state index contributed by atoms with van der Waals surface area (Å²) in [6, 6.07) is 15.4. The smallest absolute Gasteiger partial charge is 0.118 e. The molecule has 0 saturated heterocycles. The molecule has 0 saturated carbocycles. The predicted molar refractivity (Wildman–Crippen MR) is 76.5 cm³/mol. The first-order chi connectivity index (χ1) is 9.28. The lowest BCUT2D eigenvalue weighted by Crippen LogP contribution is -2.16. The zero-order chi connectivity index (χ0) is 13.5. The minimum Gasteiger partial charge on any atom is -0.508 e. The number of nitrogens with one attached hydrogen (secondary N) is 1. The molecule has 0 aromatic heterocycles. The second kappa shape index (κ2) is 6.81. The summed E-state index contributed by atoms with van der Waals surface area (Å²) in [5.74, 6) is 1.20. The molecule has 2 aromatic carbocycles. The molecule has 0 amide bonds. The van der Waals surface area contributed by atoms with Crippen molar-refractivity contribution < 1.29 is 9.84 Å². The van der Waals surface area contributed by atoms with Crippen LogP contribution < -0.4 is 10.1 Å². The van der Waals surface area contributed by atoms with Crippen molar-refractivity contribution in [2.45, 2.75) is 13.0 Å². The maximum Gasteiger partial charge on any atom is 0.118 e. The van der Waals surface area contributed by atoms with Gasteiger partial charge in [0, 0.05) is 6.54 Å². The topological polar surface area (TPSA) is 41.5 Å². The van der Waals surface area contributed by atoms with Crippen LogP contribution in [0, 0.1) is 0 Å². The van der Waals surface area contributed by atoms with Crippen LogP contribution in [0.2, 0.25) is 0 Å². The van der Waals surface area contributed by atoms with E-state index in [9.17, 15) is 5.11 Å². The number of ether oxygens (including phenoxy) is 1. The Balaban J connectivity index is 1.72. The molecule has 3 heteroatoms. The van der Waals surface area contributed by atoms with Gasteiger partial charge < -0.3 is 15.2 Å². The fourth-order valence-electron chi connectivity index (χ4n) is 1.87. The Hall–Kier alpha value is -2.00. The van der Waals surface area contributed by atoms with Gasteiger partial charge in [-0.25, -0.2) is 0 Å². The molecule has 0 radical (unpaired) electrons. The number of phenols is 1. The van der Waals surface area contributed by atoms with E-state index in [-0.39, 0.29) is 0 Å². The van der Waals surface area contributed by atoms with Gasteiger partial charge in [-0.05, 0) is 48.4 Å². The monoisotopic (exact) mass is 257 g/mol. The SMILES string of the molecule is COc1ccc(CNCCc2ccc(O)cc2)cc1. The van der Waals surface area contributed by atoms with E-state index in [0.717, 1.165) is 25.3 Å². The molecule has 19 heavy (non-hydrogen) atoms. The molecule has 0 aliphatic rings. The van der Waals surface area contributed by atoms with Crippen LogP contribution in [0.15, 0.2) is 48.5 Å². The van der Waals surface area contributed by atoms with E-state index in [1.165, 1.54) is 11.1 Å². The highest BCUT2D eigenvalue weighted by atomic mass is 16.5. The Morgan fingerprint density at radius 2 is 1.58 bits per heavy atom. The molecule has 0 unspecified atom stereocenters. The van der Waals surface area contributed by atoms with Gasteiger partial charge in [0.1, 0.15) is 11.5 Å². The highest BCUT2D eigenvalue weighted by Gasteiger charge is 1.96. The van der Waals surface area contributed by atoms with E-state index in [2.05, 4.69) is 17.4 Å². The third-order valence-electron chi connectivity index (χ3n) is 3.01. The summed E-state index contributed by atoms with van der Waals surface area (Å²) < 4.78 is 5.12. The molecule has 0 aliphatic carbocycles. The molecule has 3 nitrogen and oxygen atoms in total. The average molecular weight is 257 g/mol. The zero-order valence-corrected chi connectivity index (χ0v) is 11.1. The van der Waals surface area contributed by atoms with Gasteiger partial charge in [-0.3, -0.25) is 0 Å². The summed E-state index contributed by atoms with van der Waals surface area (Å²) in [6.45, 7) is 1.76. The van der Waals surface area contributed by atoms with Gasteiger partial charge in [0.15, 0.2) is 0 Å². The summed E-state index contributed by atoms with van der Waals surface area (Å²) >= 11 is 0. The van der Waals surface area contributed by atoms with Crippen molar-refractivity contribution in [3.05, 3.63) is 59.7 Å². The summed E-state index contributed by atoms with van der Waals surface area (Å²) in [5.41, 5.74) is 2.46. The summed E-state index contributed by atoms with van der Waals surface area (Å²) in [4.78, 5) is 0. The van der Waals surface area contributed by atoms with Crippen LogP contribution in [-0.4, -0.2) is 18.8 Å². The summed E-state index contributed by atoms with van der Waals surface area (Å²) in [6.07, 6.45) is 0.955. The molecule has 100 valence electrons. The molecule has 2 aromatic rings. The van der Waals surface area contributed by atoms with Gasteiger partial charge in [0.25, 0.3) is 0 Å². The normalized spacial score (nSPS) is 10.4. The van der Waals surface area contributed by atoms with Crippen LogP contribution in [0.3, 0.4) is 0 Å². The fraction of sp³-hybridized carbons (Fsp3) is 0.250. The van der Waals surface area contributed by atoms with Crippen molar-refractivity contribution in [2.75, 3.05) is 13.7 Å². The second-order valence-electron chi connectivity index (χ2n) is 4.44. The van der Waals surface area contributed by atoms with Crippen molar-refractivity contribution in [2.24, 2.45) is 0 Å². The molecule has 2 N–H and O–H groups in total. The Morgan fingerprint density at radius 1 is 0.947 bits per heavy atom. The lowest BCUT2D eigenvalue weighted by molar-refractivity contribution is 0.414. The molecular formula is C16H19NO2. The minimum atomic E-state index is 0.315. The summed E-state index contributed by atoms with van der Waals surface area (Å²) in [5, 5.41) is 12.6. The summed E-state index contributed by atoms with van der Waals surface area (Å²) in [7, 11) is 1.67. The Kier molecular flexibility index (Phi) is 4.81. The minimum absolute atomic E-state index is 0.315. The average Bonchev–Trinajstić information content (AvgIpc) is 2.46. The number of benzene rings is 2. The van der Waals surface area contributed by atoms with Gasteiger partial charge in [0.05, 0.1) is 7.11 Å². The Bertz CT molecular complexity index is 491. The van der Waals surface area contributed by atoms with E-state index >= 15 is 0 Å². The van der Waals surface area contributed by atoms with E-state index < -0.39 is 0 Å². The first-order valence-corrected chi connectivity index (χ1v) is 6.39. The molecule has 0 heterocycles. The molecule has 2 rings (SSSR count). The highest BCUT2D eigenvalue weighted by Crippen LogP contribution is 2.11. The largest absolute Gasteiger partial charge is 0.508 e. The number of phenolic OH excluding ortho intramolecular Hbond substituents is 1. The molecule has 0 fully saturated rings. The predicted octanol–water partition coefficient (Wildman–Crippen LogP) is 2.73. The van der Waals surface area contributed by atoms with Crippen LogP contribution in [0.25, 0.3) is 0 Å². The number of hydrogen-bond donors (Lipinski definition) is 2. The number of hydrogen-bond acceptors (Lipinski definition) is 3. The van der Waals surface area contributed by atoms with E-state index in [4.69, 9.17) is 4.74 Å². The first kappa shape index (κ1) is 13.4. The van der Waals surface area contributed by atoms with Crippen molar-refractivity contribution >= 4 is 0 Å². The highest BCUT2D eigenvalue weighted by molar-refractivity contribution is 5.27.